The number of nitriles is 1. The van der Waals surface area contributed by atoms with E-state index in [1.54, 1.807) is 30.5 Å². The molecule has 146 valence electrons. The fourth-order valence-electron chi connectivity index (χ4n) is 3.44. The van der Waals surface area contributed by atoms with Crippen LogP contribution >= 0.6 is 0 Å². The number of aryl methyl sites for hydroxylation is 1. The van der Waals surface area contributed by atoms with Gasteiger partial charge < -0.3 is 14.6 Å². The van der Waals surface area contributed by atoms with Crippen LogP contribution in [0.5, 0.6) is 0 Å². The lowest BCUT2D eigenvalue weighted by molar-refractivity contribution is 0.195. The Hall–Kier alpha value is -4.38. The van der Waals surface area contributed by atoms with Gasteiger partial charge in [0, 0.05) is 24.0 Å². The molecule has 0 saturated heterocycles. The summed E-state index contributed by atoms with van der Waals surface area (Å²) in [6.07, 6.45) is 5.43. The SMILES string of the molecule is Cc1cccc(-c2c(N3C=c4cnoc4=CC3)nc(-c3ccc(C#N)cc3)n2O)n1. The third kappa shape index (κ3) is 2.89. The zero-order valence-corrected chi connectivity index (χ0v) is 16.0. The predicted octanol–water partition coefficient (Wildman–Crippen LogP) is 2.06. The van der Waals surface area contributed by atoms with Gasteiger partial charge in [0.2, 0.25) is 0 Å². The molecule has 0 aliphatic carbocycles. The first-order valence-electron chi connectivity index (χ1n) is 9.30. The Morgan fingerprint density at radius 1 is 1.13 bits per heavy atom. The molecule has 5 rings (SSSR count). The summed E-state index contributed by atoms with van der Waals surface area (Å²) in [5, 5.41) is 24.8. The zero-order valence-electron chi connectivity index (χ0n) is 16.0. The summed E-state index contributed by atoms with van der Waals surface area (Å²) in [6, 6.07) is 14.6. The van der Waals surface area contributed by atoms with Crippen molar-refractivity contribution in [2.24, 2.45) is 0 Å². The minimum atomic E-state index is 0.359. The number of nitrogens with zero attached hydrogens (tertiary/aromatic N) is 6. The van der Waals surface area contributed by atoms with E-state index in [0.29, 0.717) is 46.1 Å². The Balaban J connectivity index is 1.71. The molecule has 4 aromatic rings. The number of pyridine rings is 1. The van der Waals surface area contributed by atoms with Crippen molar-refractivity contribution in [3.8, 4) is 28.8 Å². The van der Waals surface area contributed by atoms with Gasteiger partial charge in [0.15, 0.2) is 22.8 Å². The molecule has 0 saturated carbocycles. The van der Waals surface area contributed by atoms with E-state index in [-0.39, 0.29) is 0 Å². The standard InChI is InChI=1S/C22H16N6O2/c1-14-3-2-4-18(25-14)20-22(27-10-9-19-17(13-27)12-24-30-19)26-21(28(20)29)16-7-5-15(11-23)6-8-16/h2-9,12-13,29H,10H2,1H3. The Labute approximate surface area is 171 Å². The smallest absolute Gasteiger partial charge is 0.178 e. The van der Waals surface area contributed by atoms with Gasteiger partial charge in [0.05, 0.1) is 28.7 Å². The van der Waals surface area contributed by atoms with E-state index < -0.39 is 0 Å². The highest BCUT2D eigenvalue weighted by molar-refractivity contribution is 5.79. The summed E-state index contributed by atoms with van der Waals surface area (Å²) in [4.78, 5) is 11.2. The molecule has 1 aliphatic rings. The average molecular weight is 396 g/mol. The van der Waals surface area contributed by atoms with Crippen LogP contribution in [0.3, 0.4) is 0 Å². The summed E-state index contributed by atoms with van der Waals surface area (Å²) in [5.41, 5.74) is 3.83. The lowest BCUT2D eigenvalue weighted by Gasteiger charge is -2.18. The Morgan fingerprint density at radius 3 is 2.73 bits per heavy atom. The zero-order chi connectivity index (χ0) is 20.7. The highest BCUT2D eigenvalue weighted by Gasteiger charge is 2.25. The van der Waals surface area contributed by atoms with Gasteiger partial charge in [-0.2, -0.15) is 9.99 Å². The van der Waals surface area contributed by atoms with Crippen LogP contribution in [-0.4, -0.2) is 31.6 Å². The molecule has 1 N–H and O–H groups in total. The fraction of sp³-hybridized carbons (Fsp3) is 0.0909. The maximum Gasteiger partial charge on any atom is 0.178 e. The van der Waals surface area contributed by atoms with Gasteiger partial charge in [0.25, 0.3) is 0 Å². The van der Waals surface area contributed by atoms with E-state index in [1.807, 2.05) is 42.3 Å². The van der Waals surface area contributed by atoms with Crippen molar-refractivity contribution in [3.05, 3.63) is 70.6 Å². The van der Waals surface area contributed by atoms with Crippen LogP contribution in [0.25, 0.3) is 35.1 Å². The first-order chi connectivity index (χ1) is 14.6. The van der Waals surface area contributed by atoms with Crippen LogP contribution in [0.4, 0.5) is 5.82 Å². The van der Waals surface area contributed by atoms with Crippen molar-refractivity contribution in [1.82, 2.24) is 19.9 Å². The summed E-state index contributed by atoms with van der Waals surface area (Å²) in [5.74, 6) is 0.912. The number of imidazole rings is 1. The van der Waals surface area contributed by atoms with Gasteiger partial charge >= 0.3 is 0 Å². The van der Waals surface area contributed by atoms with Crippen molar-refractivity contribution in [1.29, 1.82) is 5.26 Å². The molecule has 0 radical (unpaired) electrons. The third-order valence-electron chi connectivity index (χ3n) is 4.91. The van der Waals surface area contributed by atoms with E-state index in [4.69, 9.17) is 14.8 Å². The minimum absolute atomic E-state index is 0.359. The number of hydrogen-bond donors (Lipinski definition) is 1. The second-order valence-corrected chi connectivity index (χ2v) is 6.90. The molecule has 0 fully saturated rings. The van der Waals surface area contributed by atoms with E-state index in [1.165, 1.54) is 0 Å². The molecule has 1 aromatic carbocycles. The van der Waals surface area contributed by atoms with Gasteiger partial charge in [-0.15, -0.1) is 0 Å². The number of rotatable bonds is 3. The monoisotopic (exact) mass is 396 g/mol. The van der Waals surface area contributed by atoms with Gasteiger partial charge in [-0.3, -0.25) is 4.98 Å². The molecule has 30 heavy (non-hydrogen) atoms. The largest absolute Gasteiger partial charge is 0.426 e. The van der Waals surface area contributed by atoms with Crippen molar-refractivity contribution < 1.29 is 9.73 Å². The molecular weight excluding hydrogens is 380 g/mol. The number of aromatic nitrogens is 4. The summed E-state index contributed by atoms with van der Waals surface area (Å²) < 4.78 is 6.26. The Morgan fingerprint density at radius 2 is 1.97 bits per heavy atom. The molecule has 1 aliphatic heterocycles. The average Bonchev–Trinajstić information content (AvgIpc) is 3.37. The fourth-order valence-corrected chi connectivity index (χ4v) is 3.44. The highest BCUT2D eigenvalue weighted by Crippen LogP contribution is 2.34. The van der Waals surface area contributed by atoms with Crippen LogP contribution in [0, 0.1) is 18.3 Å². The lowest BCUT2D eigenvalue weighted by Crippen LogP contribution is -2.33. The molecule has 0 amide bonds. The summed E-state index contributed by atoms with van der Waals surface area (Å²) in [6.45, 7) is 2.40. The third-order valence-corrected chi connectivity index (χ3v) is 4.91. The van der Waals surface area contributed by atoms with Gasteiger partial charge in [-0.25, -0.2) is 4.98 Å². The van der Waals surface area contributed by atoms with Crippen molar-refractivity contribution in [3.63, 3.8) is 0 Å². The van der Waals surface area contributed by atoms with Crippen LogP contribution in [0.1, 0.15) is 11.3 Å². The normalized spacial score (nSPS) is 12.6. The number of benzene rings is 1. The molecular formula is C22H16N6O2. The number of fused-ring (bicyclic) bond motifs is 1. The van der Waals surface area contributed by atoms with Crippen molar-refractivity contribution >= 4 is 18.1 Å². The number of hydrogen-bond acceptors (Lipinski definition) is 7. The van der Waals surface area contributed by atoms with Crippen molar-refractivity contribution in [2.75, 3.05) is 11.4 Å². The summed E-state index contributed by atoms with van der Waals surface area (Å²) >= 11 is 0. The van der Waals surface area contributed by atoms with Crippen molar-refractivity contribution in [2.45, 2.75) is 6.92 Å². The minimum Gasteiger partial charge on any atom is -0.426 e. The molecule has 0 spiro atoms. The maximum atomic E-state index is 11.1. The molecule has 0 bridgehead atoms. The summed E-state index contributed by atoms with van der Waals surface area (Å²) in [7, 11) is 0. The Bertz CT molecular complexity index is 1410. The van der Waals surface area contributed by atoms with E-state index in [2.05, 4.69) is 16.2 Å². The first kappa shape index (κ1) is 17.7. The topological polar surface area (TPSA) is 104 Å². The van der Waals surface area contributed by atoms with Gasteiger partial charge in [0.1, 0.15) is 0 Å². The quantitative estimate of drug-likeness (QED) is 0.529. The molecule has 0 atom stereocenters. The predicted molar refractivity (Wildman–Crippen MR) is 110 cm³/mol. The van der Waals surface area contributed by atoms with Crippen LogP contribution in [-0.2, 0) is 0 Å². The molecule has 8 heteroatoms. The molecule has 4 heterocycles. The number of anilines is 1. The molecule has 8 nitrogen and oxygen atoms in total. The molecule has 0 unspecified atom stereocenters. The van der Waals surface area contributed by atoms with E-state index in [0.717, 1.165) is 15.6 Å². The van der Waals surface area contributed by atoms with Gasteiger partial charge in [-0.1, -0.05) is 11.2 Å². The second kappa shape index (κ2) is 6.90. The van der Waals surface area contributed by atoms with E-state index >= 15 is 0 Å². The lowest BCUT2D eigenvalue weighted by atomic mass is 10.1. The molecule has 3 aromatic heterocycles. The van der Waals surface area contributed by atoms with Gasteiger partial charge in [-0.05, 0) is 49.4 Å². The Kier molecular flexibility index (Phi) is 4.07. The maximum absolute atomic E-state index is 11.1. The van der Waals surface area contributed by atoms with Crippen LogP contribution < -0.4 is 15.5 Å². The van der Waals surface area contributed by atoms with Crippen LogP contribution in [0.15, 0.2) is 53.2 Å². The van der Waals surface area contributed by atoms with E-state index in [9.17, 15) is 5.21 Å². The highest BCUT2D eigenvalue weighted by atomic mass is 16.5. The van der Waals surface area contributed by atoms with Crippen LogP contribution in [0.2, 0.25) is 0 Å². The second-order valence-electron chi connectivity index (χ2n) is 6.90. The first-order valence-corrected chi connectivity index (χ1v) is 9.30.